The fourth-order valence-electron chi connectivity index (χ4n) is 0.281. The SMILES string of the molecule is Clc1cnccn1.N.[NaH]. The predicted molar refractivity (Wildman–Crippen MR) is 39.2 cm³/mol. The Hall–Kier alpha value is 0.330. The number of halogens is 1. The normalized spacial score (nSPS) is 6.78. The molecular weight excluding hydrogens is 149 g/mol. The van der Waals surface area contributed by atoms with Gasteiger partial charge in [0.25, 0.3) is 0 Å². The van der Waals surface area contributed by atoms with E-state index in [1.54, 1.807) is 12.4 Å². The van der Waals surface area contributed by atoms with Crippen molar-refractivity contribution in [2.75, 3.05) is 0 Å². The zero-order valence-corrected chi connectivity index (χ0v) is 4.97. The molecule has 0 aliphatic carbocycles. The summed E-state index contributed by atoms with van der Waals surface area (Å²) < 4.78 is 0. The Morgan fingerprint density at radius 3 is 2.22 bits per heavy atom. The molecule has 0 atom stereocenters. The molecule has 0 saturated carbocycles. The van der Waals surface area contributed by atoms with Crippen LogP contribution in [0.2, 0.25) is 5.15 Å². The van der Waals surface area contributed by atoms with Crippen LogP contribution in [-0.4, -0.2) is 39.5 Å². The summed E-state index contributed by atoms with van der Waals surface area (Å²) >= 11 is 5.37. The van der Waals surface area contributed by atoms with E-state index in [0.717, 1.165) is 0 Å². The van der Waals surface area contributed by atoms with Crippen LogP contribution in [0.15, 0.2) is 18.6 Å². The van der Waals surface area contributed by atoms with Crippen LogP contribution in [0.1, 0.15) is 0 Å². The fraction of sp³-hybridized carbons (Fsp3) is 0. The van der Waals surface area contributed by atoms with Crippen molar-refractivity contribution in [3.8, 4) is 0 Å². The zero-order chi connectivity index (χ0) is 5.11. The van der Waals surface area contributed by atoms with Gasteiger partial charge < -0.3 is 6.15 Å². The van der Waals surface area contributed by atoms with E-state index in [2.05, 4.69) is 9.97 Å². The number of hydrogen-bond acceptors (Lipinski definition) is 3. The second kappa shape index (κ2) is 6.45. The van der Waals surface area contributed by atoms with Crippen molar-refractivity contribution in [2.24, 2.45) is 0 Å². The topological polar surface area (TPSA) is 60.8 Å². The molecule has 0 spiro atoms. The number of rotatable bonds is 0. The van der Waals surface area contributed by atoms with Gasteiger partial charge in [-0.3, -0.25) is 4.98 Å². The van der Waals surface area contributed by atoms with Gasteiger partial charge in [-0.2, -0.15) is 0 Å². The first-order chi connectivity index (χ1) is 3.39. The predicted octanol–water partition coefficient (Wildman–Crippen LogP) is 0.643. The van der Waals surface area contributed by atoms with Gasteiger partial charge in [0.15, 0.2) is 0 Å². The molecule has 5 heteroatoms. The summed E-state index contributed by atoms with van der Waals surface area (Å²) in [6.45, 7) is 0. The Bertz CT molecular complexity index is 146. The van der Waals surface area contributed by atoms with Crippen LogP contribution >= 0.6 is 11.6 Å². The van der Waals surface area contributed by atoms with Crippen molar-refractivity contribution < 1.29 is 0 Å². The van der Waals surface area contributed by atoms with Gasteiger partial charge >= 0.3 is 29.6 Å². The molecule has 0 amide bonds. The average molecular weight is 156 g/mol. The van der Waals surface area contributed by atoms with E-state index < -0.39 is 0 Å². The molecule has 0 aromatic carbocycles. The summed E-state index contributed by atoms with van der Waals surface area (Å²) in [7, 11) is 0. The molecule has 1 aromatic heterocycles. The maximum absolute atomic E-state index is 5.37. The summed E-state index contributed by atoms with van der Waals surface area (Å²) in [6.07, 6.45) is 4.61. The third-order valence-corrected chi connectivity index (χ3v) is 0.727. The van der Waals surface area contributed by atoms with Crippen molar-refractivity contribution in [1.82, 2.24) is 16.1 Å². The van der Waals surface area contributed by atoms with E-state index in [1.165, 1.54) is 6.20 Å². The van der Waals surface area contributed by atoms with Crippen molar-refractivity contribution >= 4 is 41.2 Å². The first kappa shape index (κ1) is 12.0. The van der Waals surface area contributed by atoms with Crippen LogP contribution < -0.4 is 6.15 Å². The molecule has 9 heavy (non-hydrogen) atoms. The monoisotopic (exact) mass is 155 g/mol. The molecule has 0 aliphatic rings. The van der Waals surface area contributed by atoms with Crippen LogP contribution in [0.5, 0.6) is 0 Å². The van der Waals surface area contributed by atoms with Crippen LogP contribution in [-0.2, 0) is 0 Å². The average Bonchev–Trinajstić information content (AvgIpc) is 1.69. The molecule has 3 nitrogen and oxygen atoms in total. The molecule has 1 rings (SSSR count). The maximum atomic E-state index is 5.37. The first-order valence-electron chi connectivity index (χ1n) is 1.81. The summed E-state index contributed by atoms with van der Waals surface area (Å²) in [5.74, 6) is 0. The summed E-state index contributed by atoms with van der Waals surface area (Å²) in [6, 6.07) is 0. The summed E-state index contributed by atoms with van der Waals surface area (Å²) in [4.78, 5) is 7.37. The van der Waals surface area contributed by atoms with Crippen LogP contribution in [0.4, 0.5) is 0 Å². The molecule has 0 aliphatic heterocycles. The van der Waals surface area contributed by atoms with E-state index >= 15 is 0 Å². The van der Waals surface area contributed by atoms with E-state index in [1.807, 2.05) is 0 Å². The molecule has 0 saturated heterocycles. The molecule has 0 bridgehead atoms. The number of aromatic nitrogens is 2. The third kappa shape index (κ3) is 4.81. The van der Waals surface area contributed by atoms with Gasteiger partial charge in [-0.1, -0.05) is 11.6 Å². The molecule has 1 aromatic rings. The summed E-state index contributed by atoms with van der Waals surface area (Å²) in [5.41, 5.74) is 0. The van der Waals surface area contributed by atoms with Gasteiger partial charge in [0.05, 0.1) is 6.20 Å². The minimum absolute atomic E-state index is 0. The molecule has 0 unspecified atom stereocenters. The van der Waals surface area contributed by atoms with Gasteiger partial charge in [-0.05, 0) is 0 Å². The standard InChI is InChI=1S/C4H3ClN2.H3N.Na.H/c5-4-3-6-1-2-7-4;;;/h1-3H;1H3;;. The molecule has 46 valence electrons. The Kier molecular flexibility index (Phi) is 8.64. The Morgan fingerprint density at radius 2 is 2.00 bits per heavy atom. The molecule has 3 N–H and O–H groups in total. The van der Waals surface area contributed by atoms with Crippen molar-refractivity contribution in [3.05, 3.63) is 23.7 Å². The minimum atomic E-state index is 0. The van der Waals surface area contributed by atoms with Crippen LogP contribution in [0.25, 0.3) is 0 Å². The van der Waals surface area contributed by atoms with Gasteiger partial charge in [-0.15, -0.1) is 0 Å². The van der Waals surface area contributed by atoms with E-state index in [0.29, 0.717) is 5.15 Å². The zero-order valence-electron chi connectivity index (χ0n) is 4.21. The Morgan fingerprint density at radius 1 is 1.33 bits per heavy atom. The molecule has 0 radical (unpaired) electrons. The van der Waals surface area contributed by atoms with Crippen LogP contribution in [0, 0.1) is 0 Å². The van der Waals surface area contributed by atoms with Crippen molar-refractivity contribution in [3.63, 3.8) is 0 Å². The summed E-state index contributed by atoms with van der Waals surface area (Å²) in [5, 5.41) is 0.433. The van der Waals surface area contributed by atoms with Gasteiger partial charge in [0, 0.05) is 12.4 Å². The van der Waals surface area contributed by atoms with Crippen LogP contribution in [0.3, 0.4) is 0 Å². The van der Waals surface area contributed by atoms with Gasteiger partial charge in [0.1, 0.15) is 5.15 Å². The van der Waals surface area contributed by atoms with E-state index in [-0.39, 0.29) is 35.7 Å². The Balaban J connectivity index is 0. The van der Waals surface area contributed by atoms with Gasteiger partial charge in [-0.25, -0.2) is 4.98 Å². The van der Waals surface area contributed by atoms with E-state index in [9.17, 15) is 0 Å². The molecular formula is C4H7ClN3Na. The second-order valence-corrected chi connectivity index (χ2v) is 1.42. The molecule has 1 heterocycles. The number of hydrogen-bond donors (Lipinski definition) is 1. The first-order valence-corrected chi connectivity index (χ1v) is 2.19. The second-order valence-electron chi connectivity index (χ2n) is 1.03. The van der Waals surface area contributed by atoms with Crippen molar-refractivity contribution in [2.45, 2.75) is 0 Å². The van der Waals surface area contributed by atoms with E-state index in [4.69, 9.17) is 11.6 Å². The fourth-order valence-corrected chi connectivity index (χ4v) is 0.394. The quantitative estimate of drug-likeness (QED) is 0.560. The van der Waals surface area contributed by atoms with Crippen molar-refractivity contribution in [1.29, 1.82) is 0 Å². The Labute approximate surface area is 80.7 Å². The van der Waals surface area contributed by atoms with Gasteiger partial charge in [0.2, 0.25) is 0 Å². The molecule has 0 fully saturated rings. The third-order valence-electron chi connectivity index (χ3n) is 0.532. The number of nitrogens with zero attached hydrogens (tertiary/aromatic N) is 2.